The molecule has 0 saturated carbocycles. The molecule has 2 atom stereocenters. The van der Waals surface area contributed by atoms with Crippen LogP contribution in [0.25, 0.3) is 0 Å². The molecule has 0 bridgehead atoms. The summed E-state index contributed by atoms with van der Waals surface area (Å²) in [5.41, 5.74) is 1.14. The van der Waals surface area contributed by atoms with Crippen LogP contribution in [0.4, 0.5) is 0 Å². The van der Waals surface area contributed by atoms with Gasteiger partial charge in [0.2, 0.25) is 6.79 Å². The average molecular weight is 418 g/mol. The second kappa shape index (κ2) is 8.71. The maximum Gasteiger partial charge on any atom is 0.310 e. The number of esters is 1. The maximum absolute atomic E-state index is 12.1. The molecule has 3 heterocycles. The number of nitrogens with one attached hydrogen (secondary N) is 1. The molecule has 2 fully saturated rings. The lowest BCUT2D eigenvalue weighted by molar-refractivity contribution is -0.145. The first-order valence-electron chi connectivity index (χ1n) is 10.6. The zero-order chi connectivity index (χ0) is 21.1. The van der Waals surface area contributed by atoms with E-state index in [0.717, 1.165) is 56.6 Å². The SMILES string of the molecule is CN=C(NCC1(c2ccc3c(c2)OCO3)CCOCC1)N1CC(C)C(C(=O)OC)C1. The summed E-state index contributed by atoms with van der Waals surface area (Å²) in [5, 5.41) is 3.58. The van der Waals surface area contributed by atoms with Gasteiger partial charge in [0.25, 0.3) is 0 Å². The van der Waals surface area contributed by atoms with Gasteiger partial charge < -0.3 is 29.2 Å². The van der Waals surface area contributed by atoms with Gasteiger partial charge in [-0.1, -0.05) is 13.0 Å². The number of rotatable bonds is 4. The van der Waals surface area contributed by atoms with Gasteiger partial charge >= 0.3 is 5.97 Å². The zero-order valence-electron chi connectivity index (χ0n) is 18.0. The van der Waals surface area contributed by atoms with Gasteiger partial charge in [-0.2, -0.15) is 0 Å². The molecule has 30 heavy (non-hydrogen) atoms. The van der Waals surface area contributed by atoms with Crippen molar-refractivity contribution in [1.29, 1.82) is 0 Å². The molecule has 0 spiro atoms. The van der Waals surface area contributed by atoms with Crippen molar-refractivity contribution >= 4 is 11.9 Å². The fraction of sp³-hybridized carbons (Fsp3) is 0.636. The number of methoxy groups -OCH3 is 1. The summed E-state index contributed by atoms with van der Waals surface area (Å²) in [6, 6.07) is 6.23. The van der Waals surface area contributed by atoms with Gasteiger partial charge in [-0.05, 0) is 36.5 Å². The first-order chi connectivity index (χ1) is 14.6. The normalized spacial score (nSPS) is 25.3. The van der Waals surface area contributed by atoms with Crippen LogP contribution < -0.4 is 14.8 Å². The number of benzene rings is 1. The summed E-state index contributed by atoms with van der Waals surface area (Å²) in [6.45, 7) is 5.93. The van der Waals surface area contributed by atoms with Crippen molar-refractivity contribution in [2.45, 2.75) is 25.2 Å². The Morgan fingerprint density at radius 2 is 2.03 bits per heavy atom. The molecule has 4 rings (SSSR count). The number of hydrogen-bond acceptors (Lipinski definition) is 6. The van der Waals surface area contributed by atoms with E-state index in [2.05, 4.69) is 34.3 Å². The molecule has 2 unspecified atom stereocenters. The average Bonchev–Trinajstić information content (AvgIpc) is 3.40. The Kier molecular flexibility index (Phi) is 6.04. The smallest absolute Gasteiger partial charge is 0.310 e. The molecule has 3 aliphatic heterocycles. The van der Waals surface area contributed by atoms with Gasteiger partial charge in [0.1, 0.15) is 0 Å². The largest absolute Gasteiger partial charge is 0.469 e. The van der Waals surface area contributed by atoms with Gasteiger partial charge in [-0.25, -0.2) is 0 Å². The Morgan fingerprint density at radius 3 is 2.77 bits per heavy atom. The van der Waals surface area contributed by atoms with Crippen LogP contribution >= 0.6 is 0 Å². The Labute approximate surface area is 177 Å². The molecule has 1 N–H and O–H groups in total. The van der Waals surface area contributed by atoms with E-state index in [0.29, 0.717) is 6.54 Å². The molecule has 8 nitrogen and oxygen atoms in total. The Hall–Kier alpha value is -2.48. The van der Waals surface area contributed by atoms with E-state index in [1.807, 2.05) is 6.07 Å². The lowest BCUT2D eigenvalue weighted by Gasteiger charge is -2.39. The van der Waals surface area contributed by atoms with E-state index in [1.54, 1.807) is 7.05 Å². The molecule has 1 aromatic rings. The van der Waals surface area contributed by atoms with Crippen LogP contribution in [-0.4, -0.2) is 70.6 Å². The molecule has 1 aromatic carbocycles. The summed E-state index contributed by atoms with van der Waals surface area (Å²) in [4.78, 5) is 18.7. The Balaban J connectivity index is 1.49. The molecule has 0 aliphatic carbocycles. The van der Waals surface area contributed by atoms with Crippen LogP contribution in [0.1, 0.15) is 25.3 Å². The fourth-order valence-corrected chi connectivity index (χ4v) is 4.73. The number of ether oxygens (including phenoxy) is 4. The highest BCUT2D eigenvalue weighted by molar-refractivity contribution is 5.82. The first-order valence-corrected chi connectivity index (χ1v) is 10.6. The van der Waals surface area contributed by atoms with Crippen molar-refractivity contribution in [2.24, 2.45) is 16.8 Å². The quantitative estimate of drug-likeness (QED) is 0.454. The minimum atomic E-state index is -0.151. The Bertz CT molecular complexity index is 806. The summed E-state index contributed by atoms with van der Waals surface area (Å²) in [7, 11) is 3.24. The molecule has 0 amide bonds. The maximum atomic E-state index is 12.1. The van der Waals surface area contributed by atoms with E-state index in [4.69, 9.17) is 18.9 Å². The first kappa shape index (κ1) is 20.8. The number of guanidine groups is 1. The van der Waals surface area contributed by atoms with Crippen molar-refractivity contribution in [3.05, 3.63) is 23.8 Å². The van der Waals surface area contributed by atoms with Crippen molar-refractivity contribution in [1.82, 2.24) is 10.2 Å². The highest BCUT2D eigenvalue weighted by Gasteiger charge is 2.39. The van der Waals surface area contributed by atoms with Crippen molar-refractivity contribution in [2.75, 3.05) is 53.8 Å². The number of aliphatic imine (C=N–C) groups is 1. The number of likely N-dealkylation sites (tertiary alicyclic amines) is 1. The van der Waals surface area contributed by atoms with Crippen LogP contribution in [0.15, 0.2) is 23.2 Å². The molecule has 8 heteroatoms. The summed E-state index contributed by atoms with van der Waals surface area (Å²) in [5.74, 6) is 2.37. The minimum Gasteiger partial charge on any atom is -0.469 e. The van der Waals surface area contributed by atoms with Gasteiger partial charge in [-0.15, -0.1) is 0 Å². The third-order valence-electron chi connectivity index (χ3n) is 6.65. The van der Waals surface area contributed by atoms with Crippen LogP contribution in [0.5, 0.6) is 11.5 Å². The standard InChI is InChI=1S/C22H31N3O5/c1-15-11-25(12-17(15)20(26)27-3)21(23-2)24-13-22(6-8-28-9-7-22)16-4-5-18-19(10-16)30-14-29-18/h4-5,10,15,17H,6-9,11-14H2,1-3H3,(H,23,24). The highest BCUT2D eigenvalue weighted by atomic mass is 16.7. The lowest BCUT2D eigenvalue weighted by Crippen LogP contribution is -2.49. The molecule has 0 radical (unpaired) electrons. The predicted octanol–water partition coefficient (Wildman–Crippen LogP) is 1.78. The van der Waals surface area contributed by atoms with Crippen molar-refractivity contribution in [3.63, 3.8) is 0 Å². The van der Waals surface area contributed by atoms with Crippen molar-refractivity contribution in [3.8, 4) is 11.5 Å². The fourth-order valence-electron chi connectivity index (χ4n) is 4.73. The number of carbonyl (C=O) groups is 1. The predicted molar refractivity (Wildman–Crippen MR) is 112 cm³/mol. The third-order valence-corrected chi connectivity index (χ3v) is 6.65. The zero-order valence-corrected chi connectivity index (χ0v) is 18.0. The molecule has 164 valence electrons. The van der Waals surface area contributed by atoms with E-state index in [9.17, 15) is 4.79 Å². The van der Waals surface area contributed by atoms with Crippen LogP contribution in [0.2, 0.25) is 0 Å². The van der Waals surface area contributed by atoms with Gasteiger partial charge in [0.15, 0.2) is 17.5 Å². The number of fused-ring (bicyclic) bond motifs is 1. The second-order valence-electron chi connectivity index (χ2n) is 8.37. The third kappa shape index (κ3) is 3.93. The minimum absolute atomic E-state index is 0.0811. The van der Waals surface area contributed by atoms with Gasteiger partial charge in [0.05, 0.1) is 13.0 Å². The van der Waals surface area contributed by atoms with Crippen molar-refractivity contribution < 1.29 is 23.7 Å². The van der Waals surface area contributed by atoms with Crippen LogP contribution in [0.3, 0.4) is 0 Å². The second-order valence-corrected chi connectivity index (χ2v) is 8.37. The Morgan fingerprint density at radius 1 is 1.27 bits per heavy atom. The topological polar surface area (TPSA) is 81.6 Å². The van der Waals surface area contributed by atoms with Gasteiger partial charge in [-0.3, -0.25) is 9.79 Å². The van der Waals surface area contributed by atoms with E-state index >= 15 is 0 Å². The summed E-state index contributed by atoms with van der Waals surface area (Å²) in [6.07, 6.45) is 1.83. The lowest BCUT2D eigenvalue weighted by atomic mass is 9.74. The monoisotopic (exact) mass is 417 g/mol. The molecule has 3 aliphatic rings. The summed E-state index contributed by atoms with van der Waals surface area (Å²) >= 11 is 0. The molecular formula is C22H31N3O5. The van der Waals surface area contributed by atoms with E-state index in [-0.39, 0.29) is 30.0 Å². The van der Waals surface area contributed by atoms with E-state index in [1.165, 1.54) is 12.7 Å². The number of nitrogens with zero attached hydrogens (tertiary/aromatic N) is 2. The molecule has 2 saturated heterocycles. The van der Waals surface area contributed by atoms with E-state index < -0.39 is 0 Å². The molecule has 0 aromatic heterocycles. The number of hydrogen-bond donors (Lipinski definition) is 1. The highest BCUT2D eigenvalue weighted by Crippen LogP contribution is 2.40. The number of carbonyl (C=O) groups excluding carboxylic acids is 1. The van der Waals surface area contributed by atoms with Gasteiger partial charge in [0, 0.05) is 45.3 Å². The summed E-state index contributed by atoms with van der Waals surface area (Å²) < 4.78 is 21.7. The molecular weight excluding hydrogens is 386 g/mol. The van der Waals surface area contributed by atoms with Crippen LogP contribution in [0, 0.1) is 11.8 Å². The van der Waals surface area contributed by atoms with Crippen LogP contribution in [-0.2, 0) is 19.7 Å².